The van der Waals surface area contributed by atoms with Gasteiger partial charge in [-0.2, -0.15) is 8.42 Å². The van der Waals surface area contributed by atoms with Crippen LogP contribution < -0.4 is 0 Å². The highest BCUT2D eigenvalue weighted by molar-refractivity contribution is 7.85. The summed E-state index contributed by atoms with van der Waals surface area (Å²) in [4.78, 5) is 11.9. The molecule has 4 aliphatic rings. The standard InChI is InChI=1S/C23H34O4S/c1-15(14-27-28(4,25)26)19-7-8-20-18-6-5-16-13-17(24)9-11-22(16,2)21(18)10-12-23(19,20)3/h5-6,13,15,18-21H,7-12,14H2,1-4H3/t15-,18?,19-,20?,21?,22+,23-/m1/s1. The monoisotopic (exact) mass is 406 g/mol. The molecule has 156 valence electrons. The number of carbonyl (C=O) groups is 1. The molecule has 28 heavy (non-hydrogen) atoms. The average molecular weight is 407 g/mol. The Morgan fingerprint density at radius 2 is 1.93 bits per heavy atom. The van der Waals surface area contributed by atoms with E-state index < -0.39 is 10.1 Å². The van der Waals surface area contributed by atoms with Gasteiger partial charge in [-0.05, 0) is 84.2 Å². The summed E-state index contributed by atoms with van der Waals surface area (Å²) in [5.74, 6) is 2.86. The lowest BCUT2D eigenvalue weighted by molar-refractivity contribution is -0.116. The summed E-state index contributed by atoms with van der Waals surface area (Å²) in [7, 11) is -3.39. The van der Waals surface area contributed by atoms with E-state index in [-0.39, 0.29) is 22.5 Å². The summed E-state index contributed by atoms with van der Waals surface area (Å²) in [6.07, 6.45) is 14.1. The van der Waals surface area contributed by atoms with Gasteiger partial charge in [-0.25, -0.2) is 0 Å². The molecule has 0 aromatic rings. The maximum atomic E-state index is 11.9. The van der Waals surface area contributed by atoms with Crippen LogP contribution in [0.25, 0.3) is 0 Å². The molecule has 0 bridgehead atoms. The predicted octanol–water partition coefficient (Wildman–Crippen LogP) is 4.52. The Labute approximate surface area is 169 Å². The molecule has 2 saturated carbocycles. The zero-order valence-electron chi connectivity index (χ0n) is 17.6. The van der Waals surface area contributed by atoms with Gasteiger partial charge in [0.05, 0.1) is 12.9 Å². The van der Waals surface area contributed by atoms with Crippen LogP contribution in [0, 0.1) is 40.4 Å². The highest BCUT2D eigenvalue weighted by Crippen LogP contribution is 2.66. The van der Waals surface area contributed by atoms with Crippen molar-refractivity contribution in [2.75, 3.05) is 12.9 Å². The number of fused-ring (bicyclic) bond motifs is 5. The van der Waals surface area contributed by atoms with Crippen LogP contribution in [0.2, 0.25) is 0 Å². The molecular formula is C23H34O4S. The van der Waals surface area contributed by atoms with Crippen LogP contribution in [-0.4, -0.2) is 27.1 Å². The molecule has 0 N–H and O–H groups in total. The number of allylic oxidation sites excluding steroid dienone is 4. The summed E-state index contributed by atoms with van der Waals surface area (Å²) in [5, 5.41) is 0. The second-order valence-electron chi connectivity index (χ2n) is 10.3. The third kappa shape index (κ3) is 3.23. The molecule has 2 fully saturated rings. The first-order valence-corrected chi connectivity index (χ1v) is 12.6. The number of carbonyl (C=O) groups excluding carboxylic acids is 1. The molecule has 5 heteroatoms. The second kappa shape index (κ2) is 6.80. The summed E-state index contributed by atoms with van der Waals surface area (Å²) in [6.45, 7) is 7.27. The fourth-order valence-electron chi connectivity index (χ4n) is 7.32. The van der Waals surface area contributed by atoms with Gasteiger partial charge in [0, 0.05) is 6.42 Å². The van der Waals surface area contributed by atoms with E-state index in [0.29, 0.717) is 36.7 Å². The molecule has 0 aromatic carbocycles. The first-order chi connectivity index (χ1) is 13.0. The third-order valence-electron chi connectivity index (χ3n) is 8.82. The molecule has 7 atom stereocenters. The lowest BCUT2D eigenvalue weighted by atomic mass is 9.48. The van der Waals surface area contributed by atoms with Gasteiger partial charge < -0.3 is 0 Å². The lowest BCUT2D eigenvalue weighted by Gasteiger charge is -2.56. The van der Waals surface area contributed by atoms with Crippen LogP contribution in [0.15, 0.2) is 23.8 Å². The number of hydrogen-bond donors (Lipinski definition) is 0. The van der Waals surface area contributed by atoms with E-state index in [9.17, 15) is 13.2 Å². The van der Waals surface area contributed by atoms with Crippen LogP contribution in [0.5, 0.6) is 0 Å². The van der Waals surface area contributed by atoms with E-state index in [0.717, 1.165) is 19.1 Å². The van der Waals surface area contributed by atoms with Crippen molar-refractivity contribution in [1.82, 2.24) is 0 Å². The molecule has 4 nitrogen and oxygen atoms in total. The molecule has 0 aromatic heterocycles. The summed E-state index contributed by atoms with van der Waals surface area (Å²) in [6, 6.07) is 0. The van der Waals surface area contributed by atoms with E-state index in [1.807, 2.05) is 6.08 Å². The summed E-state index contributed by atoms with van der Waals surface area (Å²) in [5.41, 5.74) is 1.63. The molecule has 4 aliphatic carbocycles. The van der Waals surface area contributed by atoms with E-state index in [2.05, 4.69) is 32.9 Å². The van der Waals surface area contributed by atoms with Crippen molar-refractivity contribution in [2.45, 2.75) is 59.3 Å². The van der Waals surface area contributed by atoms with Gasteiger partial charge in [0.25, 0.3) is 10.1 Å². The van der Waals surface area contributed by atoms with Crippen molar-refractivity contribution in [1.29, 1.82) is 0 Å². The number of hydrogen-bond acceptors (Lipinski definition) is 4. The van der Waals surface area contributed by atoms with Crippen LogP contribution >= 0.6 is 0 Å². The van der Waals surface area contributed by atoms with Crippen LogP contribution in [0.3, 0.4) is 0 Å². The minimum atomic E-state index is -3.39. The lowest BCUT2D eigenvalue weighted by Crippen LogP contribution is -2.49. The maximum absolute atomic E-state index is 11.9. The predicted molar refractivity (Wildman–Crippen MR) is 110 cm³/mol. The Kier molecular flexibility index (Phi) is 4.94. The molecule has 0 amide bonds. The fourth-order valence-corrected chi connectivity index (χ4v) is 7.78. The number of rotatable bonds is 4. The SMILES string of the molecule is C[C@H](COS(C)(=O)=O)[C@H]1CCC2C3C=CC4=CC(=O)CC[C@]4(C)C3CC[C@@]21C. The Morgan fingerprint density at radius 1 is 1.18 bits per heavy atom. The van der Waals surface area contributed by atoms with Crippen molar-refractivity contribution in [3.63, 3.8) is 0 Å². The Hall–Kier alpha value is -0.940. The normalized spacial score (nSPS) is 43.7. The van der Waals surface area contributed by atoms with Crippen molar-refractivity contribution in [2.24, 2.45) is 40.4 Å². The van der Waals surface area contributed by atoms with E-state index in [1.54, 1.807) is 0 Å². The van der Waals surface area contributed by atoms with Gasteiger partial charge in [0.2, 0.25) is 0 Å². The van der Waals surface area contributed by atoms with Gasteiger partial charge in [-0.15, -0.1) is 0 Å². The molecule has 0 saturated heterocycles. The Morgan fingerprint density at radius 3 is 2.64 bits per heavy atom. The van der Waals surface area contributed by atoms with Gasteiger partial charge in [-0.3, -0.25) is 8.98 Å². The largest absolute Gasteiger partial charge is 0.295 e. The van der Waals surface area contributed by atoms with Crippen molar-refractivity contribution in [3.8, 4) is 0 Å². The van der Waals surface area contributed by atoms with Gasteiger partial charge in [0.1, 0.15) is 0 Å². The minimum Gasteiger partial charge on any atom is -0.295 e. The smallest absolute Gasteiger partial charge is 0.264 e. The Balaban J connectivity index is 1.58. The molecule has 0 aliphatic heterocycles. The number of ketones is 1. The topological polar surface area (TPSA) is 60.4 Å². The molecule has 0 heterocycles. The zero-order chi connectivity index (χ0) is 20.3. The van der Waals surface area contributed by atoms with Crippen LogP contribution in [-0.2, 0) is 19.1 Å². The summed E-state index contributed by atoms with van der Waals surface area (Å²) < 4.78 is 28.0. The van der Waals surface area contributed by atoms with E-state index >= 15 is 0 Å². The third-order valence-corrected chi connectivity index (χ3v) is 9.39. The fraction of sp³-hybridized carbons (Fsp3) is 0.783. The second-order valence-corrected chi connectivity index (χ2v) is 12.0. The first kappa shape index (κ1) is 20.3. The summed E-state index contributed by atoms with van der Waals surface area (Å²) >= 11 is 0. The highest BCUT2D eigenvalue weighted by Gasteiger charge is 2.58. The average Bonchev–Trinajstić information content (AvgIpc) is 2.97. The molecular weight excluding hydrogens is 372 g/mol. The molecule has 0 radical (unpaired) electrons. The van der Waals surface area contributed by atoms with Crippen LogP contribution in [0.1, 0.15) is 59.3 Å². The minimum absolute atomic E-state index is 0.137. The van der Waals surface area contributed by atoms with E-state index in [1.165, 1.54) is 24.8 Å². The zero-order valence-corrected chi connectivity index (χ0v) is 18.4. The van der Waals surface area contributed by atoms with Crippen LogP contribution in [0.4, 0.5) is 0 Å². The Bertz CT molecular complexity index is 826. The van der Waals surface area contributed by atoms with Gasteiger partial charge in [-0.1, -0.05) is 32.9 Å². The van der Waals surface area contributed by atoms with Gasteiger partial charge in [0.15, 0.2) is 5.78 Å². The first-order valence-electron chi connectivity index (χ1n) is 10.8. The van der Waals surface area contributed by atoms with Crippen molar-refractivity contribution >= 4 is 15.9 Å². The highest BCUT2D eigenvalue weighted by atomic mass is 32.2. The van der Waals surface area contributed by atoms with E-state index in [4.69, 9.17) is 4.18 Å². The molecule has 0 spiro atoms. The van der Waals surface area contributed by atoms with Crippen molar-refractivity contribution in [3.05, 3.63) is 23.8 Å². The maximum Gasteiger partial charge on any atom is 0.264 e. The molecule has 3 unspecified atom stereocenters. The quantitative estimate of drug-likeness (QED) is 0.644. The molecule has 4 rings (SSSR count). The van der Waals surface area contributed by atoms with Crippen molar-refractivity contribution < 1.29 is 17.4 Å². The van der Waals surface area contributed by atoms with Gasteiger partial charge >= 0.3 is 0 Å².